The SMILES string of the molecule is O=C1CC(C(=O)N2CCCCC2)C1. The van der Waals surface area contributed by atoms with Crippen LogP contribution in [-0.4, -0.2) is 29.7 Å². The zero-order chi connectivity index (χ0) is 9.26. The predicted molar refractivity (Wildman–Crippen MR) is 48.2 cm³/mol. The summed E-state index contributed by atoms with van der Waals surface area (Å²) in [6.45, 7) is 1.81. The summed E-state index contributed by atoms with van der Waals surface area (Å²) in [5, 5.41) is 0. The molecule has 2 fully saturated rings. The number of hydrogen-bond donors (Lipinski definition) is 0. The van der Waals surface area contributed by atoms with Crippen LogP contribution >= 0.6 is 0 Å². The van der Waals surface area contributed by atoms with Crippen molar-refractivity contribution in [3.63, 3.8) is 0 Å². The van der Waals surface area contributed by atoms with E-state index in [0.717, 1.165) is 25.9 Å². The number of hydrogen-bond acceptors (Lipinski definition) is 2. The first-order chi connectivity index (χ1) is 6.27. The Morgan fingerprint density at radius 1 is 1.15 bits per heavy atom. The Bertz CT molecular complexity index is 223. The van der Waals surface area contributed by atoms with Gasteiger partial charge in [0.15, 0.2) is 0 Å². The molecule has 0 aromatic rings. The number of likely N-dealkylation sites (tertiary alicyclic amines) is 1. The van der Waals surface area contributed by atoms with Crippen molar-refractivity contribution in [2.75, 3.05) is 13.1 Å². The molecule has 13 heavy (non-hydrogen) atoms. The summed E-state index contributed by atoms with van der Waals surface area (Å²) in [6, 6.07) is 0. The molecular formula is C10H15NO2. The molecule has 2 rings (SSSR count). The number of amides is 1. The number of rotatable bonds is 1. The van der Waals surface area contributed by atoms with Gasteiger partial charge in [0.2, 0.25) is 5.91 Å². The van der Waals surface area contributed by atoms with Crippen LogP contribution in [0.5, 0.6) is 0 Å². The zero-order valence-corrected chi connectivity index (χ0v) is 7.79. The van der Waals surface area contributed by atoms with Gasteiger partial charge in [-0.25, -0.2) is 0 Å². The van der Waals surface area contributed by atoms with Crippen molar-refractivity contribution in [3.8, 4) is 0 Å². The van der Waals surface area contributed by atoms with Gasteiger partial charge in [-0.3, -0.25) is 9.59 Å². The van der Waals surface area contributed by atoms with Crippen molar-refractivity contribution in [2.24, 2.45) is 5.92 Å². The minimum Gasteiger partial charge on any atom is -0.342 e. The molecule has 0 atom stereocenters. The van der Waals surface area contributed by atoms with Crippen molar-refractivity contribution in [1.29, 1.82) is 0 Å². The largest absolute Gasteiger partial charge is 0.342 e. The lowest BCUT2D eigenvalue weighted by Crippen LogP contribution is -2.44. The summed E-state index contributed by atoms with van der Waals surface area (Å²) < 4.78 is 0. The Kier molecular flexibility index (Phi) is 2.34. The molecule has 1 heterocycles. The van der Waals surface area contributed by atoms with E-state index in [2.05, 4.69) is 0 Å². The van der Waals surface area contributed by atoms with Crippen LogP contribution < -0.4 is 0 Å². The average molecular weight is 181 g/mol. The Morgan fingerprint density at radius 3 is 2.31 bits per heavy atom. The number of ketones is 1. The molecule has 0 radical (unpaired) electrons. The van der Waals surface area contributed by atoms with Gasteiger partial charge in [-0.05, 0) is 19.3 Å². The molecule has 0 N–H and O–H groups in total. The van der Waals surface area contributed by atoms with Crippen molar-refractivity contribution in [3.05, 3.63) is 0 Å². The van der Waals surface area contributed by atoms with Gasteiger partial charge in [-0.2, -0.15) is 0 Å². The second-order valence-electron chi connectivity index (χ2n) is 4.03. The first kappa shape index (κ1) is 8.73. The van der Waals surface area contributed by atoms with Crippen LogP contribution in [0, 0.1) is 5.92 Å². The van der Waals surface area contributed by atoms with Crippen LogP contribution in [0.25, 0.3) is 0 Å². The molecule has 0 aromatic heterocycles. The normalized spacial score (nSPS) is 24.3. The lowest BCUT2D eigenvalue weighted by molar-refractivity contribution is -0.145. The van der Waals surface area contributed by atoms with Gasteiger partial charge in [-0.1, -0.05) is 0 Å². The summed E-state index contributed by atoms with van der Waals surface area (Å²) in [7, 11) is 0. The minimum absolute atomic E-state index is 0.0330. The van der Waals surface area contributed by atoms with E-state index in [0.29, 0.717) is 12.8 Å². The molecule has 0 unspecified atom stereocenters. The molecule has 72 valence electrons. The van der Waals surface area contributed by atoms with Crippen LogP contribution in [0.4, 0.5) is 0 Å². The van der Waals surface area contributed by atoms with Gasteiger partial charge in [0, 0.05) is 25.9 Å². The van der Waals surface area contributed by atoms with Crippen LogP contribution in [0.1, 0.15) is 32.1 Å². The fraction of sp³-hybridized carbons (Fsp3) is 0.800. The molecule has 1 aliphatic heterocycles. The molecule has 0 spiro atoms. The quantitative estimate of drug-likeness (QED) is 0.604. The third-order valence-corrected chi connectivity index (χ3v) is 2.97. The summed E-state index contributed by atoms with van der Waals surface area (Å²) in [5.74, 6) is 0.500. The molecule has 3 heteroatoms. The van der Waals surface area contributed by atoms with E-state index in [1.807, 2.05) is 4.90 Å². The van der Waals surface area contributed by atoms with Crippen LogP contribution in [0.15, 0.2) is 0 Å². The highest BCUT2D eigenvalue weighted by Gasteiger charge is 2.35. The van der Waals surface area contributed by atoms with E-state index < -0.39 is 0 Å². The van der Waals surface area contributed by atoms with Gasteiger partial charge < -0.3 is 4.90 Å². The second-order valence-corrected chi connectivity index (χ2v) is 4.03. The van der Waals surface area contributed by atoms with E-state index in [4.69, 9.17) is 0 Å². The highest BCUT2D eigenvalue weighted by molar-refractivity contribution is 5.96. The lowest BCUT2D eigenvalue weighted by atomic mass is 9.82. The van der Waals surface area contributed by atoms with Crippen LogP contribution in [0.3, 0.4) is 0 Å². The van der Waals surface area contributed by atoms with E-state index in [-0.39, 0.29) is 17.6 Å². The maximum absolute atomic E-state index is 11.7. The van der Waals surface area contributed by atoms with Gasteiger partial charge >= 0.3 is 0 Å². The monoisotopic (exact) mass is 181 g/mol. The Hall–Kier alpha value is -0.860. The summed E-state index contributed by atoms with van der Waals surface area (Å²) in [4.78, 5) is 24.4. The smallest absolute Gasteiger partial charge is 0.226 e. The molecule has 0 bridgehead atoms. The number of piperidine rings is 1. The number of carbonyl (C=O) groups excluding carboxylic acids is 2. The summed E-state index contributed by atoms with van der Waals surface area (Å²) in [5.41, 5.74) is 0. The first-order valence-corrected chi connectivity index (χ1v) is 5.08. The number of carbonyl (C=O) groups is 2. The van der Waals surface area contributed by atoms with Crippen LogP contribution in [-0.2, 0) is 9.59 Å². The molecule has 1 amide bonds. The maximum Gasteiger partial charge on any atom is 0.226 e. The minimum atomic E-state index is 0.0330. The highest BCUT2D eigenvalue weighted by atomic mass is 16.2. The second kappa shape index (κ2) is 3.48. The van der Waals surface area contributed by atoms with E-state index in [9.17, 15) is 9.59 Å². The average Bonchev–Trinajstić information content (AvgIpc) is 2.13. The predicted octanol–water partition coefficient (Wildman–Crippen LogP) is 0.978. The Balaban J connectivity index is 1.85. The highest BCUT2D eigenvalue weighted by Crippen LogP contribution is 2.26. The lowest BCUT2D eigenvalue weighted by Gasteiger charge is -2.33. The van der Waals surface area contributed by atoms with Crippen LogP contribution in [0.2, 0.25) is 0 Å². The third kappa shape index (κ3) is 1.74. The summed E-state index contributed by atoms with van der Waals surface area (Å²) in [6.07, 6.45) is 4.50. The van der Waals surface area contributed by atoms with E-state index in [1.54, 1.807) is 0 Å². The third-order valence-electron chi connectivity index (χ3n) is 2.97. The molecule has 0 aromatic carbocycles. The molecule has 1 aliphatic carbocycles. The number of nitrogens with zero attached hydrogens (tertiary/aromatic N) is 1. The first-order valence-electron chi connectivity index (χ1n) is 5.08. The van der Waals surface area contributed by atoms with E-state index in [1.165, 1.54) is 6.42 Å². The fourth-order valence-corrected chi connectivity index (χ4v) is 2.04. The van der Waals surface area contributed by atoms with E-state index >= 15 is 0 Å². The standard InChI is InChI=1S/C10H15NO2/c12-9-6-8(7-9)10(13)11-4-2-1-3-5-11/h8H,1-7H2. The van der Waals surface area contributed by atoms with Crippen molar-refractivity contribution >= 4 is 11.7 Å². The zero-order valence-electron chi connectivity index (χ0n) is 7.79. The number of Topliss-reactive ketones (excluding diaryl/α,β-unsaturated/α-hetero) is 1. The van der Waals surface area contributed by atoms with Crippen molar-refractivity contribution in [1.82, 2.24) is 4.90 Å². The van der Waals surface area contributed by atoms with Crippen molar-refractivity contribution < 1.29 is 9.59 Å². The fourth-order valence-electron chi connectivity index (χ4n) is 2.04. The van der Waals surface area contributed by atoms with Gasteiger partial charge in [0.1, 0.15) is 5.78 Å². The molecular weight excluding hydrogens is 166 g/mol. The van der Waals surface area contributed by atoms with Crippen molar-refractivity contribution in [2.45, 2.75) is 32.1 Å². The van der Waals surface area contributed by atoms with Gasteiger partial charge in [0.25, 0.3) is 0 Å². The van der Waals surface area contributed by atoms with Gasteiger partial charge in [0.05, 0.1) is 5.92 Å². The Morgan fingerprint density at radius 2 is 1.77 bits per heavy atom. The summed E-state index contributed by atoms with van der Waals surface area (Å²) >= 11 is 0. The molecule has 1 saturated carbocycles. The molecule has 3 nitrogen and oxygen atoms in total. The molecule has 2 aliphatic rings. The molecule has 1 saturated heterocycles. The van der Waals surface area contributed by atoms with Gasteiger partial charge in [-0.15, -0.1) is 0 Å². The topological polar surface area (TPSA) is 37.4 Å². The Labute approximate surface area is 78.1 Å². The maximum atomic E-state index is 11.7.